The zero-order valence-corrected chi connectivity index (χ0v) is 15.5. The summed E-state index contributed by atoms with van der Waals surface area (Å²) in [6.07, 6.45) is 1.17. The molecule has 1 atom stereocenters. The molecular formula is C21H27NO3. The number of hydrogen-bond donors (Lipinski definition) is 1. The molecule has 0 aliphatic rings. The Morgan fingerprint density at radius 1 is 1.04 bits per heavy atom. The van der Waals surface area contributed by atoms with E-state index in [1.54, 1.807) is 7.11 Å². The second-order valence-corrected chi connectivity index (χ2v) is 6.37. The van der Waals surface area contributed by atoms with Gasteiger partial charge in [-0.25, -0.2) is 0 Å². The lowest BCUT2D eigenvalue weighted by molar-refractivity contribution is -0.121. The van der Waals surface area contributed by atoms with Crippen molar-refractivity contribution in [3.05, 3.63) is 59.2 Å². The van der Waals surface area contributed by atoms with Crippen LogP contribution in [0.25, 0.3) is 0 Å². The Morgan fingerprint density at radius 2 is 1.72 bits per heavy atom. The number of methoxy groups -OCH3 is 1. The Kier molecular flexibility index (Phi) is 6.87. The molecule has 0 bridgehead atoms. The van der Waals surface area contributed by atoms with Gasteiger partial charge in [0.25, 0.3) is 0 Å². The van der Waals surface area contributed by atoms with Crippen LogP contribution in [0, 0.1) is 13.8 Å². The van der Waals surface area contributed by atoms with Crippen molar-refractivity contribution in [2.24, 2.45) is 0 Å². The topological polar surface area (TPSA) is 47.6 Å². The quantitative estimate of drug-likeness (QED) is 0.794. The third kappa shape index (κ3) is 6.14. The van der Waals surface area contributed by atoms with Gasteiger partial charge in [-0.3, -0.25) is 4.79 Å². The number of benzene rings is 2. The predicted molar refractivity (Wildman–Crippen MR) is 100 cm³/mol. The molecule has 25 heavy (non-hydrogen) atoms. The van der Waals surface area contributed by atoms with Crippen LogP contribution in [-0.2, 0) is 11.2 Å². The fraction of sp³-hybridized carbons (Fsp3) is 0.381. The molecule has 0 fully saturated rings. The maximum atomic E-state index is 12.1. The summed E-state index contributed by atoms with van der Waals surface area (Å²) in [5.74, 6) is 1.69. The molecule has 0 saturated heterocycles. The van der Waals surface area contributed by atoms with Gasteiger partial charge in [0.15, 0.2) is 0 Å². The van der Waals surface area contributed by atoms with E-state index in [0.29, 0.717) is 19.4 Å². The zero-order valence-electron chi connectivity index (χ0n) is 15.5. The van der Waals surface area contributed by atoms with Gasteiger partial charge in [-0.2, -0.15) is 0 Å². The minimum Gasteiger partial charge on any atom is -0.497 e. The van der Waals surface area contributed by atoms with Crippen molar-refractivity contribution in [1.29, 1.82) is 0 Å². The number of carbonyl (C=O) groups excluding carboxylic acids is 1. The lowest BCUT2D eigenvalue weighted by atomic mass is 10.1. The second-order valence-electron chi connectivity index (χ2n) is 6.37. The van der Waals surface area contributed by atoms with Gasteiger partial charge >= 0.3 is 0 Å². The van der Waals surface area contributed by atoms with E-state index in [-0.39, 0.29) is 11.9 Å². The summed E-state index contributed by atoms with van der Waals surface area (Å²) in [6.45, 7) is 6.54. The van der Waals surface area contributed by atoms with Gasteiger partial charge in [-0.05, 0) is 68.1 Å². The maximum Gasteiger partial charge on any atom is 0.220 e. The summed E-state index contributed by atoms with van der Waals surface area (Å²) in [7, 11) is 1.64. The monoisotopic (exact) mass is 341 g/mol. The van der Waals surface area contributed by atoms with Gasteiger partial charge in [0.05, 0.1) is 13.2 Å². The fourth-order valence-electron chi connectivity index (χ4n) is 2.46. The van der Waals surface area contributed by atoms with Crippen LogP contribution in [-0.4, -0.2) is 25.7 Å². The highest BCUT2D eigenvalue weighted by molar-refractivity contribution is 5.76. The van der Waals surface area contributed by atoms with Crippen molar-refractivity contribution in [2.45, 2.75) is 39.7 Å². The van der Waals surface area contributed by atoms with Gasteiger partial charge < -0.3 is 14.8 Å². The Morgan fingerprint density at radius 3 is 2.36 bits per heavy atom. The molecule has 0 unspecified atom stereocenters. The molecule has 1 N–H and O–H groups in total. The van der Waals surface area contributed by atoms with Crippen LogP contribution in [0.4, 0.5) is 0 Å². The number of nitrogens with one attached hydrogen (secondary N) is 1. The van der Waals surface area contributed by atoms with Crippen molar-refractivity contribution < 1.29 is 14.3 Å². The summed E-state index contributed by atoms with van der Waals surface area (Å²) in [4.78, 5) is 12.1. The Bertz CT molecular complexity index is 695. The van der Waals surface area contributed by atoms with Gasteiger partial charge in [-0.15, -0.1) is 0 Å². The summed E-state index contributed by atoms with van der Waals surface area (Å²) in [5, 5.41) is 2.98. The molecule has 4 nitrogen and oxygen atoms in total. The highest BCUT2D eigenvalue weighted by Crippen LogP contribution is 2.16. The van der Waals surface area contributed by atoms with E-state index in [1.807, 2.05) is 49.4 Å². The third-order valence-corrected chi connectivity index (χ3v) is 4.19. The molecule has 0 spiro atoms. The number of aryl methyl sites for hydroxylation is 3. The third-order valence-electron chi connectivity index (χ3n) is 4.19. The number of rotatable bonds is 8. The summed E-state index contributed by atoms with van der Waals surface area (Å²) in [5.41, 5.74) is 3.57. The molecule has 2 aromatic rings. The molecule has 0 aliphatic carbocycles. The Balaban J connectivity index is 1.72. The van der Waals surface area contributed by atoms with Crippen LogP contribution >= 0.6 is 0 Å². The van der Waals surface area contributed by atoms with Gasteiger partial charge in [-0.1, -0.05) is 18.2 Å². The van der Waals surface area contributed by atoms with E-state index in [9.17, 15) is 4.79 Å². The highest BCUT2D eigenvalue weighted by Gasteiger charge is 2.09. The average Bonchev–Trinajstić information content (AvgIpc) is 2.61. The molecule has 0 saturated carbocycles. The number of hydrogen-bond acceptors (Lipinski definition) is 3. The van der Waals surface area contributed by atoms with E-state index in [2.05, 4.69) is 19.2 Å². The minimum atomic E-state index is -0.0371. The van der Waals surface area contributed by atoms with Crippen molar-refractivity contribution in [3.8, 4) is 11.5 Å². The first kappa shape index (κ1) is 18.8. The number of carbonyl (C=O) groups is 1. The molecule has 0 radical (unpaired) electrons. The van der Waals surface area contributed by atoms with Crippen LogP contribution in [0.1, 0.15) is 30.0 Å². The van der Waals surface area contributed by atoms with Gasteiger partial charge in [0.1, 0.15) is 18.1 Å². The van der Waals surface area contributed by atoms with Crippen molar-refractivity contribution in [1.82, 2.24) is 5.32 Å². The highest BCUT2D eigenvalue weighted by atomic mass is 16.5. The van der Waals surface area contributed by atoms with Gasteiger partial charge in [0.2, 0.25) is 5.91 Å². The molecule has 0 aliphatic heterocycles. The van der Waals surface area contributed by atoms with E-state index in [4.69, 9.17) is 9.47 Å². The molecule has 2 aromatic carbocycles. The van der Waals surface area contributed by atoms with E-state index < -0.39 is 0 Å². The van der Waals surface area contributed by atoms with Crippen molar-refractivity contribution in [3.63, 3.8) is 0 Å². The largest absolute Gasteiger partial charge is 0.497 e. The van der Waals surface area contributed by atoms with Crippen molar-refractivity contribution in [2.75, 3.05) is 13.7 Å². The van der Waals surface area contributed by atoms with Crippen LogP contribution in [0.3, 0.4) is 0 Å². The lowest BCUT2D eigenvalue weighted by Gasteiger charge is -2.16. The first-order valence-corrected chi connectivity index (χ1v) is 8.60. The summed E-state index contributed by atoms with van der Waals surface area (Å²) >= 11 is 0. The van der Waals surface area contributed by atoms with E-state index in [0.717, 1.165) is 17.1 Å². The SMILES string of the molecule is COc1ccc(CCC(=O)N[C@H](C)COc2ccc(C)c(C)c2)cc1. The minimum absolute atomic E-state index is 0.0343. The van der Waals surface area contributed by atoms with Crippen LogP contribution in [0.5, 0.6) is 11.5 Å². The van der Waals surface area contributed by atoms with Crippen LogP contribution in [0.2, 0.25) is 0 Å². The Labute approximate surface area is 150 Å². The van der Waals surface area contributed by atoms with Crippen LogP contribution in [0.15, 0.2) is 42.5 Å². The molecule has 0 aromatic heterocycles. The number of amides is 1. The first-order chi connectivity index (χ1) is 12.0. The molecule has 1 amide bonds. The smallest absolute Gasteiger partial charge is 0.220 e. The van der Waals surface area contributed by atoms with Crippen LogP contribution < -0.4 is 14.8 Å². The molecule has 2 rings (SSSR count). The molecule has 0 heterocycles. The van der Waals surface area contributed by atoms with E-state index >= 15 is 0 Å². The fourth-order valence-corrected chi connectivity index (χ4v) is 2.46. The molecule has 4 heteroatoms. The molecule has 134 valence electrons. The molecular weight excluding hydrogens is 314 g/mol. The standard InChI is InChI=1S/C21H27NO3/c1-15-5-9-20(13-16(15)2)25-14-17(3)22-21(23)12-8-18-6-10-19(24-4)11-7-18/h5-7,9-11,13,17H,8,12,14H2,1-4H3,(H,22,23)/t17-/m1/s1. The van der Waals surface area contributed by atoms with Crippen molar-refractivity contribution >= 4 is 5.91 Å². The predicted octanol–water partition coefficient (Wildman–Crippen LogP) is 3.83. The van der Waals surface area contributed by atoms with E-state index in [1.165, 1.54) is 11.1 Å². The normalized spacial score (nSPS) is 11.7. The zero-order chi connectivity index (χ0) is 18.2. The number of ether oxygens (including phenoxy) is 2. The van der Waals surface area contributed by atoms with Gasteiger partial charge in [0, 0.05) is 6.42 Å². The summed E-state index contributed by atoms with van der Waals surface area (Å²) < 4.78 is 10.9. The second kappa shape index (κ2) is 9.11. The lowest BCUT2D eigenvalue weighted by Crippen LogP contribution is -2.36. The maximum absolute atomic E-state index is 12.1. The summed E-state index contributed by atoms with van der Waals surface area (Å²) in [6, 6.07) is 13.8. The first-order valence-electron chi connectivity index (χ1n) is 8.60. The average molecular weight is 341 g/mol. The Hall–Kier alpha value is -2.49.